The molecule has 2 fully saturated rings. The Bertz CT molecular complexity index is 378. The van der Waals surface area contributed by atoms with E-state index in [1.807, 2.05) is 0 Å². The van der Waals surface area contributed by atoms with Gasteiger partial charge in [0.15, 0.2) is 0 Å². The Labute approximate surface area is 123 Å². The summed E-state index contributed by atoms with van der Waals surface area (Å²) < 4.78 is 28.9. The van der Waals surface area contributed by atoms with Crippen molar-refractivity contribution in [2.75, 3.05) is 39.3 Å². The van der Waals surface area contributed by atoms with Gasteiger partial charge in [-0.2, -0.15) is 17.0 Å². The van der Waals surface area contributed by atoms with Gasteiger partial charge < -0.3 is 5.32 Å². The van der Waals surface area contributed by atoms with Gasteiger partial charge in [-0.05, 0) is 38.1 Å². The van der Waals surface area contributed by atoms with Crippen LogP contribution in [0.3, 0.4) is 0 Å². The minimum atomic E-state index is -3.24. The van der Waals surface area contributed by atoms with Crippen molar-refractivity contribution in [3.05, 3.63) is 0 Å². The van der Waals surface area contributed by atoms with Crippen LogP contribution in [0.25, 0.3) is 0 Å². The molecule has 118 valence electrons. The predicted molar refractivity (Wildman–Crippen MR) is 81.8 cm³/mol. The fourth-order valence-electron chi connectivity index (χ4n) is 3.28. The Morgan fingerprint density at radius 3 is 2.55 bits per heavy atom. The third kappa shape index (κ3) is 4.16. The molecule has 0 aromatic heterocycles. The Balaban J connectivity index is 1.97. The summed E-state index contributed by atoms with van der Waals surface area (Å²) in [5.41, 5.74) is 0. The van der Waals surface area contributed by atoms with Gasteiger partial charge in [-0.15, -0.1) is 0 Å². The maximum Gasteiger partial charge on any atom is 0.282 e. The molecule has 0 radical (unpaired) electrons. The molecule has 0 spiro atoms. The van der Waals surface area contributed by atoms with E-state index in [9.17, 15) is 8.42 Å². The fourth-order valence-corrected chi connectivity index (χ4v) is 4.99. The summed E-state index contributed by atoms with van der Waals surface area (Å²) in [6, 6.07) is 0. The topological polar surface area (TPSA) is 52.7 Å². The molecule has 1 unspecified atom stereocenters. The van der Waals surface area contributed by atoms with Crippen LogP contribution in [0.15, 0.2) is 0 Å². The molecule has 6 heteroatoms. The summed E-state index contributed by atoms with van der Waals surface area (Å²) in [6.07, 6.45) is 6.57. The second kappa shape index (κ2) is 7.73. The number of nitrogens with zero attached hydrogens (tertiary/aromatic N) is 2. The monoisotopic (exact) mass is 303 g/mol. The molecule has 0 aromatic carbocycles. The largest absolute Gasteiger partial charge is 0.315 e. The van der Waals surface area contributed by atoms with Crippen molar-refractivity contribution >= 4 is 10.2 Å². The van der Waals surface area contributed by atoms with Gasteiger partial charge in [0.1, 0.15) is 0 Å². The summed E-state index contributed by atoms with van der Waals surface area (Å²) in [5, 5.41) is 3.26. The van der Waals surface area contributed by atoms with E-state index in [-0.39, 0.29) is 0 Å². The highest BCUT2D eigenvalue weighted by Gasteiger charge is 2.31. The van der Waals surface area contributed by atoms with Crippen LogP contribution in [-0.2, 0) is 10.2 Å². The second-order valence-electron chi connectivity index (χ2n) is 6.00. The molecule has 0 saturated carbocycles. The molecule has 20 heavy (non-hydrogen) atoms. The number of rotatable bonds is 4. The first kappa shape index (κ1) is 16.2. The van der Waals surface area contributed by atoms with Crippen molar-refractivity contribution in [1.82, 2.24) is 13.9 Å². The SMILES string of the molecule is CCCC1CCCN(S(=O)(=O)N2CCCNCC2)CC1. The highest BCUT2D eigenvalue weighted by atomic mass is 32.2. The lowest BCUT2D eigenvalue weighted by molar-refractivity contribution is 0.344. The van der Waals surface area contributed by atoms with E-state index < -0.39 is 10.2 Å². The lowest BCUT2D eigenvalue weighted by Crippen LogP contribution is -2.45. The highest BCUT2D eigenvalue weighted by Crippen LogP contribution is 2.24. The minimum Gasteiger partial charge on any atom is -0.315 e. The molecule has 0 aromatic rings. The number of hydrogen-bond donors (Lipinski definition) is 1. The zero-order valence-corrected chi connectivity index (χ0v) is 13.5. The summed E-state index contributed by atoms with van der Waals surface area (Å²) in [6.45, 7) is 6.57. The Morgan fingerprint density at radius 2 is 1.75 bits per heavy atom. The summed E-state index contributed by atoms with van der Waals surface area (Å²) in [7, 11) is -3.24. The Kier molecular flexibility index (Phi) is 6.26. The third-order valence-corrected chi connectivity index (χ3v) is 6.49. The van der Waals surface area contributed by atoms with E-state index in [1.54, 1.807) is 8.61 Å². The van der Waals surface area contributed by atoms with Crippen molar-refractivity contribution in [3.63, 3.8) is 0 Å². The van der Waals surface area contributed by atoms with Gasteiger partial charge in [-0.1, -0.05) is 19.8 Å². The molecule has 2 saturated heterocycles. The standard InChI is InChI=1S/C14H29N3O2S/c1-2-5-14-6-3-10-16(12-7-14)20(18,19)17-11-4-8-15-9-13-17/h14-15H,2-13H2,1H3. The summed E-state index contributed by atoms with van der Waals surface area (Å²) in [5.74, 6) is 0.714. The average molecular weight is 303 g/mol. The fraction of sp³-hybridized carbons (Fsp3) is 1.00. The van der Waals surface area contributed by atoms with Crippen LogP contribution in [0.1, 0.15) is 45.4 Å². The van der Waals surface area contributed by atoms with E-state index in [4.69, 9.17) is 0 Å². The smallest absolute Gasteiger partial charge is 0.282 e. The molecule has 0 aliphatic carbocycles. The van der Waals surface area contributed by atoms with Crippen LogP contribution < -0.4 is 5.32 Å². The molecular formula is C14H29N3O2S. The van der Waals surface area contributed by atoms with Crippen molar-refractivity contribution in [2.45, 2.75) is 45.4 Å². The molecule has 2 heterocycles. The molecular weight excluding hydrogens is 274 g/mol. The first-order valence-corrected chi connectivity index (χ1v) is 9.50. The third-order valence-electron chi connectivity index (χ3n) is 4.46. The van der Waals surface area contributed by atoms with Gasteiger partial charge in [0.05, 0.1) is 0 Å². The summed E-state index contributed by atoms with van der Waals surface area (Å²) >= 11 is 0. The van der Waals surface area contributed by atoms with E-state index in [0.717, 1.165) is 32.4 Å². The maximum absolute atomic E-state index is 12.7. The van der Waals surface area contributed by atoms with E-state index >= 15 is 0 Å². The average Bonchev–Trinajstić information content (AvgIpc) is 2.82. The zero-order chi connectivity index (χ0) is 14.4. The number of nitrogens with one attached hydrogen (secondary N) is 1. The summed E-state index contributed by atoms with van der Waals surface area (Å²) in [4.78, 5) is 0. The molecule has 1 N–H and O–H groups in total. The van der Waals surface area contributed by atoms with Crippen molar-refractivity contribution in [1.29, 1.82) is 0 Å². The van der Waals surface area contributed by atoms with Gasteiger partial charge in [0.25, 0.3) is 10.2 Å². The highest BCUT2D eigenvalue weighted by molar-refractivity contribution is 7.86. The molecule has 2 aliphatic rings. The van der Waals surface area contributed by atoms with Crippen molar-refractivity contribution in [2.24, 2.45) is 5.92 Å². The molecule has 0 bridgehead atoms. The molecule has 5 nitrogen and oxygen atoms in total. The first-order valence-electron chi connectivity index (χ1n) is 8.10. The van der Waals surface area contributed by atoms with E-state index in [2.05, 4.69) is 12.2 Å². The lowest BCUT2D eigenvalue weighted by Gasteiger charge is -2.28. The zero-order valence-electron chi connectivity index (χ0n) is 12.7. The maximum atomic E-state index is 12.7. The quantitative estimate of drug-likeness (QED) is 0.855. The van der Waals surface area contributed by atoms with Gasteiger partial charge in [0.2, 0.25) is 0 Å². The van der Waals surface area contributed by atoms with Crippen LogP contribution >= 0.6 is 0 Å². The number of hydrogen-bond acceptors (Lipinski definition) is 3. The predicted octanol–water partition coefficient (Wildman–Crippen LogP) is 1.43. The molecule has 0 amide bonds. The van der Waals surface area contributed by atoms with Crippen LogP contribution in [0.2, 0.25) is 0 Å². The van der Waals surface area contributed by atoms with Gasteiger partial charge in [0, 0.05) is 32.7 Å². The van der Waals surface area contributed by atoms with E-state index in [1.165, 1.54) is 19.3 Å². The van der Waals surface area contributed by atoms with Crippen LogP contribution in [0.4, 0.5) is 0 Å². The molecule has 1 atom stereocenters. The van der Waals surface area contributed by atoms with Crippen LogP contribution in [-0.4, -0.2) is 56.3 Å². The molecule has 2 aliphatic heterocycles. The normalized spacial score (nSPS) is 27.9. The molecule has 2 rings (SSSR count). The lowest BCUT2D eigenvalue weighted by atomic mass is 9.96. The first-order chi connectivity index (χ1) is 9.64. The second-order valence-corrected chi connectivity index (χ2v) is 7.92. The van der Waals surface area contributed by atoms with Gasteiger partial charge >= 0.3 is 0 Å². The van der Waals surface area contributed by atoms with E-state index in [0.29, 0.717) is 32.1 Å². The Hall–Kier alpha value is -0.170. The Morgan fingerprint density at radius 1 is 1.00 bits per heavy atom. The van der Waals surface area contributed by atoms with Crippen molar-refractivity contribution < 1.29 is 8.42 Å². The minimum absolute atomic E-state index is 0.608. The van der Waals surface area contributed by atoms with Gasteiger partial charge in [-0.25, -0.2) is 0 Å². The van der Waals surface area contributed by atoms with Crippen LogP contribution in [0, 0.1) is 5.92 Å². The van der Waals surface area contributed by atoms with Gasteiger partial charge in [-0.3, -0.25) is 0 Å². The van der Waals surface area contributed by atoms with Crippen molar-refractivity contribution in [3.8, 4) is 0 Å². The van der Waals surface area contributed by atoms with Crippen LogP contribution in [0.5, 0.6) is 0 Å².